The van der Waals surface area contributed by atoms with Gasteiger partial charge in [0.25, 0.3) is 0 Å². The fourth-order valence-electron chi connectivity index (χ4n) is 1.78. The molecule has 1 heterocycles. The van der Waals surface area contributed by atoms with E-state index in [1.165, 1.54) is 25.6 Å². The van der Waals surface area contributed by atoms with Crippen LogP contribution in [-0.4, -0.2) is 19.3 Å². The number of aliphatic hydroxyl groups excluding tert-OH is 1. The summed E-state index contributed by atoms with van der Waals surface area (Å²) in [5.74, 6) is 0.879. The number of benzene rings is 1. The third-order valence-electron chi connectivity index (χ3n) is 2.70. The Morgan fingerprint density at radius 2 is 1.89 bits per heavy atom. The van der Waals surface area contributed by atoms with Crippen molar-refractivity contribution in [1.29, 1.82) is 0 Å². The van der Waals surface area contributed by atoms with Crippen molar-refractivity contribution in [3.63, 3.8) is 0 Å². The van der Waals surface area contributed by atoms with Crippen molar-refractivity contribution in [2.24, 2.45) is 0 Å². The summed E-state index contributed by atoms with van der Waals surface area (Å²) >= 11 is 13.6. The fraction of sp³-hybridized carbons (Fsp3) is 0.231. The summed E-state index contributed by atoms with van der Waals surface area (Å²) in [7, 11) is 3.01. The Hall–Kier alpha value is -0.940. The highest BCUT2D eigenvalue weighted by molar-refractivity contribution is 7.10. The number of halogens is 2. The van der Waals surface area contributed by atoms with Gasteiger partial charge in [-0.15, -0.1) is 11.3 Å². The van der Waals surface area contributed by atoms with Gasteiger partial charge in [-0.3, -0.25) is 0 Å². The van der Waals surface area contributed by atoms with Crippen LogP contribution in [0.15, 0.2) is 23.6 Å². The number of hydrogen-bond acceptors (Lipinski definition) is 4. The molecule has 102 valence electrons. The minimum absolute atomic E-state index is 0.328. The van der Waals surface area contributed by atoms with E-state index in [4.69, 9.17) is 32.7 Å². The first kappa shape index (κ1) is 14.5. The van der Waals surface area contributed by atoms with Crippen molar-refractivity contribution in [3.05, 3.63) is 44.1 Å². The maximum atomic E-state index is 10.4. The van der Waals surface area contributed by atoms with Crippen molar-refractivity contribution in [3.8, 4) is 11.5 Å². The van der Waals surface area contributed by atoms with Gasteiger partial charge >= 0.3 is 0 Å². The number of methoxy groups -OCH3 is 2. The number of ether oxygens (including phenoxy) is 2. The van der Waals surface area contributed by atoms with Gasteiger partial charge in [-0.1, -0.05) is 23.2 Å². The van der Waals surface area contributed by atoms with E-state index >= 15 is 0 Å². The van der Waals surface area contributed by atoms with Gasteiger partial charge in [0.2, 0.25) is 0 Å². The quantitative estimate of drug-likeness (QED) is 0.920. The molecule has 0 radical (unpaired) electrons. The maximum absolute atomic E-state index is 10.4. The van der Waals surface area contributed by atoms with Crippen LogP contribution in [0.3, 0.4) is 0 Å². The van der Waals surface area contributed by atoms with Gasteiger partial charge in [0, 0.05) is 5.56 Å². The SMILES string of the molecule is COc1ccc(C(O)c2sccc2Cl)c(OC)c1Cl. The van der Waals surface area contributed by atoms with Crippen LogP contribution in [0.4, 0.5) is 0 Å². The summed E-state index contributed by atoms with van der Waals surface area (Å²) in [5.41, 5.74) is 0.553. The summed E-state index contributed by atoms with van der Waals surface area (Å²) in [6, 6.07) is 5.14. The second-order valence-corrected chi connectivity index (χ2v) is 5.47. The number of rotatable bonds is 4. The molecule has 0 aliphatic carbocycles. The topological polar surface area (TPSA) is 38.7 Å². The highest BCUT2D eigenvalue weighted by Gasteiger charge is 2.22. The molecule has 0 amide bonds. The van der Waals surface area contributed by atoms with E-state index in [2.05, 4.69) is 0 Å². The molecule has 1 aromatic carbocycles. The number of aliphatic hydroxyl groups is 1. The second-order valence-electron chi connectivity index (χ2n) is 3.74. The lowest BCUT2D eigenvalue weighted by molar-refractivity contribution is 0.218. The lowest BCUT2D eigenvalue weighted by Crippen LogP contribution is -2.02. The Morgan fingerprint density at radius 3 is 2.42 bits per heavy atom. The van der Waals surface area contributed by atoms with Gasteiger partial charge in [-0.25, -0.2) is 0 Å². The first-order valence-electron chi connectivity index (χ1n) is 5.41. The Bertz CT molecular complexity index is 583. The molecule has 19 heavy (non-hydrogen) atoms. The minimum atomic E-state index is -0.883. The summed E-state index contributed by atoms with van der Waals surface area (Å²) in [6.45, 7) is 0. The van der Waals surface area contributed by atoms with Gasteiger partial charge in [-0.2, -0.15) is 0 Å². The molecule has 0 aliphatic rings. The second kappa shape index (κ2) is 6.01. The lowest BCUT2D eigenvalue weighted by atomic mass is 10.1. The lowest BCUT2D eigenvalue weighted by Gasteiger charge is -2.17. The average Bonchev–Trinajstić information content (AvgIpc) is 2.83. The van der Waals surface area contributed by atoms with E-state index in [1.54, 1.807) is 18.2 Å². The molecule has 0 spiro atoms. The molecule has 0 bridgehead atoms. The Balaban J connectivity index is 2.51. The summed E-state index contributed by atoms with van der Waals surface area (Å²) < 4.78 is 10.4. The van der Waals surface area contributed by atoms with E-state index in [1.807, 2.05) is 5.38 Å². The predicted octanol–water partition coefficient (Wildman–Crippen LogP) is 4.15. The largest absolute Gasteiger partial charge is 0.495 e. The third-order valence-corrected chi connectivity index (χ3v) is 4.47. The zero-order valence-corrected chi connectivity index (χ0v) is 12.6. The molecule has 0 saturated heterocycles. The van der Waals surface area contributed by atoms with Crippen LogP contribution in [0, 0.1) is 0 Å². The highest BCUT2D eigenvalue weighted by Crippen LogP contribution is 2.43. The Morgan fingerprint density at radius 1 is 1.16 bits per heavy atom. The summed E-state index contributed by atoms with van der Waals surface area (Å²) in [4.78, 5) is 0.654. The van der Waals surface area contributed by atoms with Crippen molar-refractivity contribution >= 4 is 34.5 Å². The molecular formula is C13H12Cl2O3S. The van der Waals surface area contributed by atoms with E-state index in [0.29, 0.717) is 32.0 Å². The van der Waals surface area contributed by atoms with Crippen molar-refractivity contribution in [2.75, 3.05) is 14.2 Å². The van der Waals surface area contributed by atoms with Crippen molar-refractivity contribution < 1.29 is 14.6 Å². The average molecular weight is 319 g/mol. The molecule has 0 fully saturated rings. The molecule has 0 aliphatic heterocycles. The van der Waals surface area contributed by atoms with Gasteiger partial charge in [0.05, 0.1) is 24.1 Å². The maximum Gasteiger partial charge on any atom is 0.147 e. The molecule has 3 nitrogen and oxygen atoms in total. The van der Waals surface area contributed by atoms with Crippen molar-refractivity contribution in [2.45, 2.75) is 6.10 Å². The molecule has 0 saturated carbocycles. The third kappa shape index (κ3) is 2.67. The van der Waals surface area contributed by atoms with E-state index in [0.717, 1.165) is 0 Å². The Labute approximate surface area is 125 Å². The molecule has 1 atom stereocenters. The van der Waals surface area contributed by atoms with Crippen LogP contribution in [0.25, 0.3) is 0 Å². The van der Waals surface area contributed by atoms with Crippen LogP contribution in [0.5, 0.6) is 11.5 Å². The monoisotopic (exact) mass is 318 g/mol. The molecule has 2 rings (SSSR count). The number of hydrogen-bond donors (Lipinski definition) is 1. The van der Waals surface area contributed by atoms with Crippen LogP contribution >= 0.6 is 34.5 Å². The normalized spacial score (nSPS) is 12.3. The number of thiophene rings is 1. The van der Waals surface area contributed by atoms with Crippen molar-refractivity contribution in [1.82, 2.24) is 0 Å². The van der Waals surface area contributed by atoms with E-state index in [-0.39, 0.29) is 0 Å². The fourth-order valence-corrected chi connectivity index (χ4v) is 3.26. The highest BCUT2D eigenvalue weighted by atomic mass is 35.5. The van der Waals surface area contributed by atoms with Gasteiger partial charge < -0.3 is 14.6 Å². The molecule has 1 N–H and O–H groups in total. The van der Waals surface area contributed by atoms with Crippen LogP contribution < -0.4 is 9.47 Å². The first-order chi connectivity index (χ1) is 9.10. The zero-order chi connectivity index (χ0) is 14.0. The zero-order valence-electron chi connectivity index (χ0n) is 10.3. The van der Waals surface area contributed by atoms with Crippen LogP contribution in [0.1, 0.15) is 16.5 Å². The molecule has 2 aromatic rings. The molecule has 1 unspecified atom stereocenters. The minimum Gasteiger partial charge on any atom is -0.495 e. The summed E-state index contributed by atoms with van der Waals surface area (Å²) in [6.07, 6.45) is -0.883. The van der Waals surface area contributed by atoms with Gasteiger partial charge in [0.1, 0.15) is 22.6 Å². The van der Waals surface area contributed by atoms with E-state index < -0.39 is 6.10 Å². The van der Waals surface area contributed by atoms with Crippen LogP contribution in [0.2, 0.25) is 10.0 Å². The first-order valence-corrected chi connectivity index (χ1v) is 7.05. The van der Waals surface area contributed by atoms with Crippen LogP contribution in [-0.2, 0) is 0 Å². The van der Waals surface area contributed by atoms with Gasteiger partial charge in [0.15, 0.2) is 0 Å². The smallest absolute Gasteiger partial charge is 0.147 e. The molecule has 6 heteroatoms. The standard InChI is InChI=1S/C13H12Cl2O3S/c1-17-9-4-3-7(12(18-2)10(9)15)11(16)13-8(14)5-6-19-13/h3-6,11,16H,1-2H3. The molecular weight excluding hydrogens is 307 g/mol. The predicted molar refractivity (Wildman–Crippen MR) is 77.9 cm³/mol. The summed E-state index contributed by atoms with van der Waals surface area (Å²) in [5, 5.41) is 13.1. The Kier molecular flexibility index (Phi) is 4.58. The van der Waals surface area contributed by atoms with E-state index in [9.17, 15) is 5.11 Å². The molecule has 1 aromatic heterocycles. The van der Waals surface area contributed by atoms with Gasteiger partial charge in [-0.05, 0) is 23.6 Å².